The Bertz CT molecular complexity index is 948. The zero-order valence-corrected chi connectivity index (χ0v) is 13.5. The number of nitrogens with two attached hydrogens (primary N) is 1. The van der Waals surface area contributed by atoms with Gasteiger partial charge in [-0.15, -0.1) is 0 Å². The number of nitrogen functional groups attached to an aromatic ring is 1. The van der Waals surface area contributed by atoms with E-state index in [1.54, 1.807) is 0 Å². The molecule has 7 nitrogen and oxygen atoms in total. The van der Waals surface area contributed by atoms with Crippen LogP contribution in [0.4, 0.5) is 14.6 Å². The average molecular weight is 362 g/mol. The second-order valence-electron chi connectivity index (χ2n) is 6.10. The fourth-order valence-electron chi connectivity index (χ4n) is 3.24. The first kappa shape index (κ1) is 16.8. The van der Waals surface area contributed by atoms with Crippen LogP contribution in [0.1, 0.15) is 6.23 Å². The smallest absolute Gasteiger partial charge is 0.320 e. The number of aromatic nitrogens is 3. The molecule has 2 aromatic heterocycles. The lowest BCUT2D eigenvalue weighted by molar-refractivity contribution is -0.137. The predicted octanol–water partition coefficient (Wildman–Crippen LogP) is 1.57. The topological polar surface area (TPSA) is 106 Å². The molecule has 1 aromatic carbocycles. The number of nitrogens with zero attached hydrogens (tertiary/aromatic N) is 3. The van der Waals surface area contributed by atoms with Crippen molar-refractivity contribution in [2.24, 2.45) is 0 Å². The Balaban J connectivity index is 1.94. The second-order valence-corrected chi connectivity index (χ2v) is 6.10. The minimum absolute atomic E-state index is 0.146. The second kappa shape index (κ2) is 5.97. The molecule has 0 radical (unpaired) electrons. The number of ether oxygens (including phenoxy) is 1. The minimum atomic E-state index is -3.62. The normalized spacial score (nSPS) is 25.0. The maximum Gasteiger partial charge on any atom is 0.320 e. The number of aliphatic hydroxyl groups excluding tert-OH is 2. The summed E-state index contributed by atoms with van der Waals surface area (Å²) in [5.41, 5.74) is 7.45. The van der Waals surface area contributed by atoms with Crippen LogP contribution in [-0.4, -0.2) is 49.5 Å². The van der Waals surface area contributed by atoms with Gasteiger partial charge in [-0.1, -0.05) is 30.3 Å². The molecule has 0 aliphatic carbocycles. The van der Waals surface area contributed by atoms with Crippen LogP contribution < -0.4 is 5.73 Å². The number of alkyl halides is 2. The first-order valence-corrected chi connectivity index (χ1v) is 7.93. The molecule has 0 unspecified atom stereocenters. The molecule has 0 bridgehead atoms. The van der Waals surface area contributed by atoms with Crippen molar-refractivity contribution >= 4 is 16.9 Å². The highest BCUT2D eigenvalue weighted by Crippen LogP contribution is 2.45. The summed E-state index contributed by atoms with van der Waals surface area (Å²) >= 11 is 0. The van der Waals surface area contributed by atoms with E-state index in [4.69, 9.17) is 10.5 Å². The number of halogens is 2. The lowest BCUT2D eigenvalue weighted by Gasteiger charge is -2.21. The summed E-state index contributed by atoms with van der Waals surface area (Å²) in [4.78, 5) is 8.04. The molecular formula is C17H16F2N4O3. The summed E-state index contributed by atoms with van der Waals surface area (Å²) in [5, 5.41) is 19.4. The molecular weight excluding hydrogens is 346 g/mol. The van der Waals surface area contributed by atoms with Crippen molar-refractivity contribution in [3.05, 3.63) is 42.9 Å². The van der Waals surface area contributed by atoms with Crippen molar-refractivity contribution in [3.63, 3.8) is 0 Å². The predicted molar refractivity (Wildman–Crippen MR) is 89.3 cm³/mol. The van der Waals surface area contributed by atoms with Gasteiger partial charge in [0.15, 0.2) is 6.10 Å². The Kier molecular flexibility index (Phi) is 3.87. The van der Waals surface area contributed by atoms with E-state index in [1.165, 1.54) is 12.5 Å². The first-order chi connectivity index (χ1) is 12.4. The number of aliphatic hydroxyl groups is 2. The van der Waals surface area contributed by atoms with E-state index in [9.17, 15) is 19.0 Å². The Labute approximate surface area is 146 Å². The van der Waals surface area contributed by atoms with Gasteiger partial charge in [-0.3, -0.25) is 4.57 Å². The van der Waals surface area contributed by atoms with Gasteiger partial charge in [0.25, 0.3) is 0 Å². The Morgan fingerprint density at radius 3 is 2.62 bits per heavy atom. The first-order valence-electron chi connectivity index (χ1n) is 7.93. The van der Waals surface area contributed by atoms with E-state index in [-0.39, 0.29) is 11.5 Å². The van der Waals surface area contributed by atoms with Crippen LogP contribution in [0, 0.1) is 0 Å². The van der Waals surface area contributed by atoms with Crippen LogP contribution in [-0.2, 0) is 4.74 Å². The number of rotatable bonds is 3. The molecule has 136 valence electrons. The van der Waals surface area contributed by atoms with Crippen LogP contribution in [0.3, 0.4) is 0 Å². The molecule has 26 heavy (non-hydrogen) atoms. The molecule has 0 amide bonds. The van der Waals surface area contributed by atoms with Gasteiger partial charge in [-0.05, 0) is 5.56 Å². The lowest BCUT2D eigenvalue weighted by atomic mass is 10.1. The summed E-state index contributed by atoms with van der Waals surface area (Å²) in [5.74, 6) is -3.47. The van der Waals surface area contributed by atoms with Gasteiger partial charge in [0, 0.05) is 11.8 Å². The average Bonchev–Trinajstić information content (AvgIpc) is 3.13. The highest BCUT2D eigenvalue weighted by atomic mass is 19.3. The van der Waals surface area contributed by atoms with Crippen LogP contribution in [0.5, 0.6) is 0 Å². The number of hydrogen-bond donors (Lipinski definition) is 3. The number of hydrogen-bond acceptors (Lipinski definition) is 6. The van der Waals surface area contributed by atoms with Gasteiger partial charge in [0.1, 0.15) is 23.9 Å². The van der Waals surface area contributed by atoms with Crippen molar-refractivity contribution in [1.82, 2.24) is 14.5 Å². The summed E-state index contributed by atoms with van der Waals surface area (Å²) in [6.45, 7) is -0.727. The van der Waals surface area contributed by atoms with Crippen LogP contribution in [0.25, 0.3) is 22.2 Å². The summed E-state index contributed by atoms with van der Waals surface area (Å²) in [6, 6.07) is 9.07. The van der Waals surface area contributed by atoms with Gasteiger partial charge in [0.05, 0.1) is 12.0 Å². The third-order valence-corrected chi connectivity index (χ3v) is 4.54. The van der Waals surface area contributed by atoms with Gasteiger partial charge in [-0.2, -0.15) is 8.78 Å². The molecule has 0 saturated carbocycles. The molecule has 1 fully saturated rings. The van der Waals surface area contributed by atoms with Crippen molar-refractivity contribution < 1.29 is 23.7 Å². The standard InChI is InChI=1S/C17H16F2N4O3/c18-17(19)13(25)11(7-24)26-16(17)23-6-10(9-4-2-1-3-5-9)12-14(20)21-8-22-15(12)23/h1-6,8,11,13,16,24-25H,7H2,(H2,20,21,22)/t11-,13-,16-/m1/s1. The third-order valence-electron chi connectivity index (χ3n) is 4.54. The van der Waals surface area contributed by atoms with Gasteiger partial charge in [0.2, 0.25) is 6.23 Å². The molecule has 0 spiro atoms. The molecule has 3 atom stereocenters. The molecule has 4 N–H and O–H groups in total. The fourth-order valence-corrected chi connectivity index (χ4v) is 3.24. The van der Waals surface area contributed by atoms with E-state index in [1.807, 2.05) is 30.3 Å². The zero-order valence-electron chi connectivity index (χ0n) is 13.5. The van der Waals surface area contributed by atoms with E-state index in [0.29, 0.717) is 10.9 Å². The van der Waals surface area contributed by atoms with E-state index >= 15 is 0 Å². The quantitative estimate of drug-likeness (QED) is 0.653. The van der Waals surface area contributed by atoms with Crippen LogP contribution >= 0.6 is 0 Å². The largest absolute Gasteiger partial charge is 0.394 e. The lowest BCUT2D eigenvalue weighted by Crippen LogP contribution is -2.39. The maximum absolute atomic E-state index is 14.6. The van der Waals surface area contributed by atoms with Gasteiger partial charge in [-0.25, -0.2) is 9.97 Å². The van der Waals surface area contributed by atoms with Crippen molar-refractivity contribution in [2.45, 2.75) is 24.4 Å². The molecule has 1 aliphatic heterocycles. The highest BCUT2D eigenvalue weighted by molar-refractivity contribution is 6.00. The minimum Gasteiger partial charge on any atom is -0.394 e. The van der Waals surface area contributed by atoms with E-state index < -0.39 is 31.0 Å². The highest BCUT2D eigenvalue weighted by Gasteiger charge is 2.59. The fraction of sp³-hybridized carbons (Fsp3) is 0.294. The zero-order chi connectivity index (χ0) is 18.5. The van der Waals surface area contributed by atoms with Crippen molar-refractivity contribution in [1.29, 1.82) is 0 Å². The summed E-state index contributed by atoms with van der Waals surface area (Å²) < 4.78 is 35.5. The summed E-state index contributed by atoms with van der Waals surface area (Å²) in [6.07, 6.45) is -2.73. The number of fused-ring (bicyclic) bond motifs is 1. The monoisotopic (exact) mass is 362 g/mol. The van der Waals surface area contributed by atoms with Crippen LogP contribution in [0.15, 0.2) is 42.9 Å². The van der Waals surface area contributed by atoms with Gasteiger partial charge >= 0.3 is 5.92 Å². The number of anilines is 1. The summed E-state index contributed by atoms with van der Waals surface area (Å²) in [7, 11) is 0. The molecule has 1 aliphatic rings. The molecule has 4 rings (SSSR count). The molecule has 1 saturated heterocycles. The Morgan fingerprint density at radius 1 is 1.23 bits per heavy atom. The van der Waals surface area contributed by atoms with Crippen molar-refractivity contribution in [3.8, 4) is 11.1 Å². The third kappa shape index (κ3) is 2.36. The van der Waals surface area contributed by atoms with E-state index in [0.717, 1.165) is 10.1 Å². The maximum atomic E-state index is 14.6. The Morgan fingerprint density at radius 2 is 1.96 bits per heavy atom. The molecule has 3 heterocycles. The van der Waals surface area contributed by atoms with Crippen LogP contribution in [0.2, 0.25) is 0 Å². The van der Waals surface area contributed by atoms with E-state index in [2.05, 4.69) is 9.97 Å². The molecule has 9 heteroatoms. The molecule has 3 aromatic rings. The Hall–Kier alpha value is -2.62. The SMILES string of the molecule is Nc1ncnc2c1c(-c1ccccc1)cn2[C@@H]1O[C@H](CO)[C@@H](O)C1(F)F. The van der Waals surface area contributed by atoms with Gasteiger partial charge < -0.3 is 20.7 Å². The number of benzene rings is 1. The van der Waals surface area contributed by atoms with Crippen molar-refractivity contribution in [2.75, 3.05) is 12.3 Å².